The van der Waals surface area contributed by atoms with Crippen molar-refractivity contribution in [2.45, 2.75) is 6.92 Å². The van der Waals surface area contributed by atoms with E-state index in [-0.39, 0.29) is 5.91 Å². The Morgan fingerprint density at radius 3 is 2.92 bits per heavy atom. The Labute approximate surface area is 77.3 Å². The molecule has 4 nitrogen and oxygen atoms in total. The number of nitrogens with zero attached hydrogens (tertiary/aromatic N) is 2. The lowest BCUT2D eigenvalue weighted by molar-refractivity contribution is 0.0807. The van der Waals surface area contributed by atoms with Crippen molar-refractivity contribution in [1.82, 2.24) is 15.1 Å². The lowest BCUT2D eigenvalue weighted by Gasteiger charge is -2.15. The summed E-state index contributed by atoms with van der Waals surface area (Å²) in [7, 11) is 1.74. The number of likely N-dealkylation sites (N-methyl/N-ethyl adjacent to an activating group) is 1. The molecule has 0 saturated heterocycles. The third-order valence-electron chi connectivity index (χ3n) is 1.60. The van der Waals surface area contributed by atoms with Gasteiger partial charge in [0.05, 0.1) is 11.8 Å². The average Bonchev–Trinajstić information content (AvgIpc) is 2.53. The van der Waals surface area contributed by atoms with E-state index < -0.39 is 0 Å². The third-order valence-corrected chi connectivity index (χ3v) is 1.60. The van der Waals surface area contributed by atoms with Crippen LogP contribution >= 0.6 is 0 Å². The van der Waals surface area contributed by atoms with Crippen LogP contribution < -0.4 is 0 Å². The molecule has 0 radical (unpaired) electrons. The Balaban J connectivity index is 2.63. The maximum Gasteiger partial charge on any atom is 0.257 e. The minimum Gasteiger partial charge on any atom is -0.338 e. The second-order valence-corrected chi connectivity index (χ2v) is 3.11. The molecule has 0 aliphatic rings. The predicted molar refractivity (Wildman–Crippen MR) is 50.4 cm³/mol. The zero-order valence-corrected chi connectivity index (χ0v) is 7.87. The molecule has 0 aliphatic carbocycles. The molecular weight excluding hydrogens is 166 g/mol. The number of carbonyl (C=O) groups excluding carboxylic acids is 1. The van der Waals surface area contributed by atoms with Crippen LogP contribution in [0, 0.1) is 0 Å². The van der Waals surface area contributed by atoms with Crippen molar-refractivity contribution < 1.29 is 4.79 Å². The fourth-order valence-corrected chi connectivity index (χ4v) is 1.06. The smallest absolute Gasteiger partial charge is 0.257 e. The van der Waals surface area contributed by atoms with Gasteiger partial charge in [-0.15, -0.1) is 0 Å². The molecule has 0 unspecified atom stereocenters. The summed E-state index contributed by atoms with van der Waals surface area (Å²) in [6.07, 6.45) is 3.09. The van der Waals surface area contributed by atoms with E-state index in [1.165, 1.54) is 6.20 Å². The molecular formula is C9H13N3O. The highest BCUT2D eigenvalue weighted by Crippen LogP contribution is 2.01. The van der Waals surface area contributed by atoms with Crippen LogP contribution in [0.25, 0.3) is 0 Å². The lowest BCUT2D eigenvalue weighted by Crippen LogP contribution is -2.27. The first kappa shape index (κ1) is 9.51. The maximum absolute atomic E-state index is 11.6. The predicted octanol–water partition coefficient (Wildman–Crippen LogP) is 1.06. The molecule has 0 fully saturated rings. The van der Waals surface area contributed by atoms with E-state index in [4.69, 9.17) is 0 Å². The van der Waals surface area contributed by atoms with Crippen LogP contribution in [-0.4, -0.2) is 34.6 Å². The fraction of sp³-hybridized carbons (Fsp3) is 0.333. The van der Waals surface area contributed by atoms with Crippen molar-refractivity contribution in [3.63, 3.8) is 0 Å². The Bertz CT molecular complexity index is 303. The molecule has 0 saturated carbocycles. The first-order valence-electron chi connectivity index (χ1n) is 4.00. The molecule has 4 heteroatoms. The molecule has 1 rings (SSSR count). The van der Waals surface area contributed by atoms with E-state index in [1.54, 1.807) is 18.1 Å². The number of H-pyrrole nitrogens is 1. The summed E-state index contributed by atoms with van der Waals surface area (Å²) >= 11 is 0. The molecule has 13 heavy (non-hydrogen) atoms. The number of nitrogens with one attached hydrogen (secondary N) is 1. The molecule has 0 spiro atoms. The van der Waals surface area contributed by atoms with Gasteiger partial charge < -0.3 is 4.90 Å². The second kappa shape index (κ2) is 3.89. The second-order valence-electron chi connectivity index (χ2n) is 3.11. The number of aromatic amines is 1. The highest BCUT2D eigenvalue weighted by Gasteiger charge is 2.11. The molecule has 0 bridgehead atoms. The zero-order chi connectivity index (χ0) is 9.84. The van der Waals surface area contributed by atoms with Gasteiger partial charge in [-0.25, -0.2) is 0 Å². The van der Waals surface area contributed by atoms with Gasteiger partial charge in [-0.3, -0.25) is 9.89 Å². The van der Waals surface area contributed by atoms with Crippen LogP contribution in [-0.2, 0) is 0 Å². The molecule has 0 aliphatic heterocycles. The lowest BCUT2D eigenvalue weighted by atomic mass is 10.3. The van der Waals surface area contributed by atoms with E-state index in [0.717, 1.165) is 5.57 Å². The third kappa shape index (κ3) is 2.43. The largest absolute Gasteiger partial charge is 0.338 e. The molecule has 70 valence electrons. The van der Waals surface area contributed by atoms with Gasteiger partial charge in [-0.05, 0) is 6.92 Å². The Morgan fingerprint density at radius 1 is 1.77 bits per heavy atom. The quantitative estimate of drug-likeness (QED) is 0.705. The van der Waals surface area contributed by atoms with Crippen LogP contribution in [0.5, 0.6) is 0 Å². The zero-order valence-electron chi connectivity index (χ0n) is 7.87. The van der Waals surface area contributed by atoms with Crippen LogP contribution in [0.2, 0.25) is 0 Å². The van der Waals surface area contributed by atoms with Crippen molar-refractivity contribution in [2.24, 2.45) is 0 Å². The average molecular weight is 179 g/mol. The molecule has 1 amide bonds. The minimum absolute atomic E-state index is 0.0447. The van der Waals surface area contributed by atoms with Crippen LogP contribution in [0.1, 0.15) is 17.3 Å². The van der Waals surface area contributed by atoms with Crippen LogP contribution in [0.15, 0.2) is 24.5 Å². The van der Waals surface area contributed by atoms with Crippen molar-refractivity contribution in [2.75, 3.05) is 13.6 Å². The van der Waals surface area contributed by atoms with Crippen LogP contribution in [0.3, 0.4) is 0 Å². The van der Waals surface area contributed by atoms with E-state index in [9.17, 15) is 4.79 Å². The molecule has 1 N–H and O–H groups in total. The van der Waals surface area contributed by atoms with Crippen molar-refractivity contribution in [3.8, 4) is 0 Å². The molecule has 1 aromatic rings. The molecule has 0 aromatic carbocycles. The summed E-state index contributed by atoms with van der Waals surface area (Å²) in [6, 6.07) is 0. The minimum atomic E-state index is -0.0447. The number of aromatic nitrogens is 2. The van der Waals surface area contributed by atoms with E-state index in [0.29, 0.717) is 12.1 Å². The fourth-order valence-electron chi connectivity index (χ4n) is 1.06. The molecule has 0 atom stereocenters. The SMILES string of the molecule is C=C(C)CN(C)C(=O)c1cn[nH]c1. The Kier molecular flexibility index (Phi) is 2.84. The van der Waals surface area contributed by atoms with Gasteiger partial charge in [0.2, 0.25) is 0 Å². The van der Waals surface area contributed by atoms with Gasteiger partial charge in [0.25, 0.3) is 5.91 Å². The monoisotopic (exact) mass is 179 g/mol. The van der Waals surface area contributed by atoms with Gasteiger partial charge in [0.15, 0.2) is 0 Å². The maximum atomic E-state index is 11.6. The summed E-state index contributed by atoms with van der Waals surface area (Å²) in [6.45, 7) is 6.20. The summed E-state index contributed by atoms with van der Waals surface area (Å²) in [5.41, 5.74) is 1.53. The van der Waals surface area contributed by atoms with Gasteiger partial charge in [0.1, 0.15) is 0 Å². The number of rotatable bonds is 3. The Morgan fingerprint density at radius 2 is 2.46 bits per heavy atom. The highest BCUT2D eigenvalue weighted by atomic mass is 16.2. The summed E-state index contributed by atoms with van der Waals surface area (Å²) in [5.74, 6) is -0.0447. The van der Waals surface area contributed by atoms with Gasteiger partial charge >= 0.3 is 0 Å². The standard InChI is InChI=1S/C9H13N3O/c1-7(2)6-12(3)9(13)8-4-10-11-5-8/h4-5H,1,6H2,2-3H3,(H,10,11). The normalized spacial score (nSPS) is 9.69. The van der Waals surface area contributed by atoms with E-state index >= 15 is 0 Å². The number of hydrogen-bond donors (Lipinski definition) is 1. The van der Waals surface area contributed by atoms with Gasteiger partial charge in [-0.1, -0.05) is 12.2 Å². The number of amides is 1. The molecule has 1 aromatic heterocycles. The van der Waals surface area contributed by atoms with E-state index in [2.05, 4.69) is 16.8 Å². The highest BCUT2D eigenvalue weighted by molar-refractivity contribution is 5.93. The Hall–Kier alpha value is -1.58. The number of hydrogen-bond acceptors (Lipinski definition) is 2. The summed E-state index contributed by atoms with van der Waals surface area (Å²) in [4.78, 5) is 13.2. The van der Waals surface area contributed by atoms with Gasteiger partial charge in [-0.2, -0.15) is 5.10 Å². The summed E-state index contributed by atoms with van der Waals surface area (Å²) < 4.78 is 0. The number of carbonyl (C=O) groups is 1. The summed E-state index contributed by atoms with van der Waals surface area (Å²) in [5, 5.41) is 6.31. The molecule has 1 heterocycles. The van der Waals surface area contributed by atoms with Crippen LogP contribution in [0.4, 0.5) is 0 Å². The van der Waals surface area contributed by atoms with Crippen molar-refractivity contribution >= 4 is 5.91 Å². The topological polar surface area (TPSA) is 49.0 Å². The van der Waals surface area contributed by atoms with Crippen molar-refractivity contribution in [3.05, 3.63) is 30.1 Å². The van der Waals surface area contributed by atoms with Crippen molar-refractivity contribution in [1.29, 1.82) is 0 Å². The van der Waals surface area contributed by atoms with E-state index in [1.807, 2.05) is 6.92 Å². The van der Waals surface area contributed by atoms with Gasteiger partial charge in [0, 0.05) is 19.8 Å². The first-order chi connectivity index (χ1) is 6.11. The first-order valence-corrected chi connectivity index (χ1v) is 4.00.